The summed E-state index contributed by atoms with van der Waals surface area (Å²) in [5, 5.41) is 6.22. The summed E-state index contributed by atoms with van der Waals surface area (Å²) < 4.78 is 2.00. The van der Waals surface area contributed by atoms with Gasteiger partial charge in [0.15, 0.2) is 0 Å². The molecule has 0 aliphatic carbocycles. The third-order valence-corrected chi connectivity index (χ3v) is 3.67. The fourth-order valence-electron chi connectivity index (χ4n) is 2.39. The van der Waals surface area contributed by atoms with E-state index in [1.165, 1.54) is 5.56 Å². The Hall–Kier alpha value is -1.80. The third kappa shape index (κ3) is 2.13. The van der Waals surface area contributed by atoms with Crippen LogP contribution in [-0.4, -0.2) is 9.78 Å². The second kappa shape index (κ2) is 5.06. The van der Waals surface area contributed by atoms with Crippen molar-refractivity contribution in [3.8, 4) is 0 Å². The molecule has 0 N–H and O–H groups in total. The van der Waals surface area contributed by atoms with Gasteiger partial charge in [-0.2, -0.15) is 5.10 Å². The molecule has 3 aromatic rings. The molecule has 19 heavy (non-hydrogen) atoms. The molecule has 3 heteroatoms. The lowest BCUT2D eigenvalue weighted by Crippen LogP contribution is -2.11. The second-order valence-corrected chi connectivity index (χ2v) is 4.88. The van der Waals surface area contributed by atoms with Crippen LogP contribution in [0.5, 0.6) is 0 Å². The summed E-state index contributed by atoms with van der Waals surface area (Å²) in [6.07, 6.45) is 2.57. The van der Waals surface area contributed by atoms with Crippen molar-refractivity contribution >= 4 is 22.5 Å². The van der Waals surface area contributed by atoms with Gasteiger partial charge in [-0.05, 0) is 24.1 Å². The molecule has 1 atom stereocenters. The lowest BCUT2D eigenvalue weighted by atomic mass is 10.0. The summed E-state index contributed by atoms with van der Waals surface area (Å²) in [5.74, 6) is 0. The summed E-state index contributed by atoms with van der Waals surface area (Å²) in [5.41, 5.74) is 2.26. The van der Waals surface area contributed by atoms with Gasteiger partial charge in [0.25, 0.3) is 0 Å². The highest BCUT2D eigenvalue weighted by molar-refractivity contribution is 6.35. The first-order valence-electron chi connectivity index (χ1n) is 6.27. The Morgan fingerprint density at radius 1 is 1.11 bits per heavy atom. The Bertz CT molecular complexity index is 688. The maximum absolute atomic E-state index is 6.20. The predicted octanol–water partition coefficient (Wildman–Crippen LogP) is 4.50. The van der Waals surface area contributed by atoms with Gasteiger partial charge in [0, 0.05) is 5.39 Å². The Morgan fingerprint density at radius 2 is 1.89 bits per heavy atom. The van der Waals surface area contributed by atoms with Crippen LogP contribution in [0, 0.1) is 6.92 Å². The fourth-order valence-corrected chi connectivity index (χ4v) is 2.61. The van der Waals surface area contributed by atoms with E-state index in [9.17, 15) is 0 Å². The Kier molecular flexibility index (Phi) is 3.26. The molecular weight excluding hydrogens is 256 g/mol. The van der Waals surface area contributed by atoms with Crippen molar-refractivity contribution < 1.29 is 0 Å². The average molecular weight is 270 g/mol. The van der Waals surface area contributed by atoms with Crippen molar-refractivity contribution in [1.82, 2.24) is 9.78 Å². The first-order valence-corrected chi connectivity index (χ1v) is 6.65. The summed E-state index contributed by atoms with van der Waals surface area (Å²) in [6.45, 7) is 4.05. The van der Waals surface area contributed by atoms with Gasteiger partial charge in [0.2, 0.25) is 0 Å². The van der Waals surface area contributed by atoms with Crippen LogP contribution < -0.4 is 0 Å². The SMILES string of the molecule is [CH2]CC(c1ccccc1)n1ncc2c(Cl)cccc21. The van der Waals surface area contributed by atoms with Crippen molar-refractivity contribution in [2.24, 2.45) is 0 Å². The molecule has 0 saturated carbocycles. The standard InChI is InChI=1S/C16H14ClN2/c1-2-15(12-7-4-3-5-8-12)19-16-10-6-9-14(17)13(16)11-18-19/h3-11,15H,1-2H2. The number of halogens is 1. The summed E-state index contributed by atoms with van der Waals surface area (Å²) in [7, 11) is 0. The Morgan fingerprint density at radius 3 is 2.63 bits per heavy atom. The van der Waals surface area contributed by atoms with Gasteiger partial charge in [0.05, 0.1) is 22.8 Å². The van der Waals surface area contributed by atoms with Crippen LogP contribution in [-0.2, 0) is 0 Å². The number of hydrogen-bond donors (Lipinski definition) is 0. The van der Waals surface area contributed by atoms with Gasteiger partial charge >= 0.3 is 0 Å². The second-order valence-electron chi connectivity index (χ2n) is 4.48. The van der Waals surface area contributed by atoms with Gasteiger partial charge in [-0.25, -0.2) is 0 Å². The van der Waals surface area contributed by atoms with Crippen LogP contribution in [0.1, 0.15) is 18.0 Å². The number of hydrogen-bond acceptors (Lipinski definition) is 1. The summed E-state index contributed by atoms with van der Waals surface area (Å²) in [4.78, 5) is 0. The molecule has 0 bridgehead atoms. The fraction of sp³-hybridized carbons (Fsp3) is 0.125. The van der Waals surface area contributed by atoms with Gasteiger partial charge in [-0.3, -0.25) is 4.68 Å². The van der Waals surface area contributed by atoms with E-state index in [0.717, 1.165) is 22.3 Å². The molecule has 3 rings (SSSR count). The van der Waals surface area contributed by atoms with Crippen molar-refractivity contribution in [3.05, 3.63) is 72.2 Å². The summed E-state index contributed by atoms with van der Waals surface area (Å²) >= 11 is 6.20. The predicted molar refractivity (Wildman–Crippen MR) is 79.3 cm³/mol. The van der Waals surface area contributed by atoms with Crippen LogP contribution in [0.4, 0.5) is 0 Å². The highest BCUT2D eigenvalue weighted by Crippen LogP contribution is 2.28. The molecule has 0 fully saturated rings. The van der Waals surface area contributed by atoms with Gasteiger partial charge < -0.3 is 0 Å². The molecule has 0 aliphatic rings. The lowest BCUT2D eigenvalue weighted by molar-refractivity contribution is 0.544. The minimum Gasteiger partial charge on any atom is -0.257 e. The largest absolute Gasteiger partial charge is 0.257 e. The molecule has 0 aliphatic heterocycles. The molecule has 1 unspecified atom stereocenters. The van der Waals surface area contributed by atoms with E-state index in [1.807, 2.05) is 47.3 Å². The Labute approximate surface area is 117 Å². The van der Waals surface area contributed by atoms with Crippen molar-refractivity contribution in [3.63, 3.8) is 0 Å². The van der Waals surface area contributed by atoms with E-state index in [0.29, 0.717) is 0 Å². The van der Waals surface area contributed by atoms with E-state index in [4.69, 9.17) is 11.6 Å². The van der Waals surface area contributed by atoms with E-state index >= 15 is 0 Å². The monoisotopic (exact) mass is 269 g/mol. The van der Waals surface area contributed by atoms with Gasteiger partial charge in [-0.15, -0.1) is 0 Å². The molecule has 0 amide bonds. The van der Waals surface area contributed by atoms with Gasteiger partial charge in [-0.1, -0.05) is 54.9 Å². The quantitative estimate of drug-likeness (QED) is 0.684. The number of fused-ring (bicyclic) bond motifs is 1. The van der Waals surface area contributed by atoms with Crippen LogP contribution in [0.15, 0.2) is 54.7 Å². The Balaban J connectivity index is 2.15. The minimum absolute atomic E-state index is 0.136. The van der Waals surface area contributed by atoms with Crippen LogP contribution in [0.3, 0.4) is 0 Å². The lowest BCUT2D eigenvalue weighted by Gasteiger charge is -2.17. The molecule has 95 valence electrons. The maximum Gasteiger partial charge on any atom is 0.0775 e. The summed E-state index contributed by atoms with van der Waals surface area (Å²) in [6, 6.07) is 16.3. The van der Waals surface area contributed by atoms with Crippen LogP contribution >= 0.6 is 11.6 Å². The van der Waals surface area contributed by atoms with Gasteiger partial charge in [0.1, 0.15) is 0 Å². The zero-order valence-corrected chi connectivity index (χ0v) is 11.2. The number of benzene rings is 2. The van der Waals surface area contributed by atoms with Crippen molar-refractivity contribution in [2.75, 3.05) is 0 Å². The highest BCUT2D eigenvalue weighted by Gasteiger charge is 2.15. The number of rotatable bonds is 3. The van der Waals surface area contributed by atoms with E-state index < -0.39 is 0 Å². The maximum atomic E-state index is 6.20. The zero-order valence-electron chi connectivity index (χ0n) is 10.5. The van der Waals surface area contributed by atoms with E-state index in [-0.39, 0.29) is 6.04 Å². The zero-order chi connectivity index (χ0) is 13.2. The smallest absolute Gasteiger partial charge is 0.0775 e. The van der Waals surface area contributed by atoms with Crippen LogP contribution in [0.2, 0.25) is 5.02 Å². The molecule has 2 nitrogen and oxygen atoms in total. The average Bonchev–Trinajstić information content (AvgIpc) is 2.87. The number of nitrogens with zero attached hydrogens (tertiary/aromatic N) is 2. The molecular formula is C16H14ClN2. The third-order valence-electron chi connectivity index (χ3n) is 3.34. The molecule has 1 heterocycles. The minimum atomic E-state index is 0.136. The molecule has 2 aromatic carbocycles. The van der Waals surface area contributed by atoms with Crippen molar-refractivity contribution in [2.45, 2.75) is 12.5 Å². The molecule has 0 saturated heterocycles. The topological polar surface area (TPSA) is 17.8 Å². The molecule has 1 radical (unpaired) electrons. The number of aromatic nitrogens is 2. The first kappa shape index (κ1) is 12.2. The molecule has 0 spiro atoms. The molecule has 1 aromatic heterocycles. The highest BCUT2D eigenvalue weighted by atomic mass is 35.5. The van der Waals surface area contributed by atoms with E-state index in [2.05, 4.69) is 24.2 Å². The van der Waals surface area contributed by atoms with Crippen LogP contribution in [0.25, 0.3) is 10.9 Å². The first-order chi connectivity index (χ1) is 9.31. The van der Waals surface area contributed by atoms with E-state index in [1.54, 1.807) is 0 Å². The normalized spacial score (nSPS) is 12.7. The van der Waals surface area contributed by atoms with Crippen molar-refractivity contribution in [1.29, 1.82) is 0 Å².